The molecule has 1 aromatic heterocycles. The lowest BCUT2D eigenvalue weighted by Crippen LogP contribution is -2.28. The molecule has 8 nitrogen and oxygen atoms in total. The minimum atomic E-state index is -0.285. The van der Waals surface area contributed by atoms with Gasteiger partial charge in [0.25, 0.3) is 5.91 Å². The molecule has 27 heavy (non-hydrogen) atoms. The number of benzene rings is 1. The molecule has 3 N–H and O–H groups in total. The van der Waals surface area contributed by atoms with Crippen molar-refractivity contribution in [1.82, 2.24) is 20.1 Å². The van der Waals surface area contributed by atoms with E-state index in [1.807, 2.05) is 20.8 Å². The molecule has 0 spiro atoms. The molecular weight excluding hydrogens is 366 g/mol. The zero-order valence-corrected chi connectivity index (χ0v) is 16.6. The summed E-state index contributed by atoms with van der Waals surface area (Å²) in [6.45, 7) is 7.09. The van der Waals surface area contributed by atoms with Crippen LogP contribution in [0.25, 0.3) is 0 Å². The van der Waals surface area contributed by atoms with E-state index in [1.165, 1.54) is 16.3 Å². The lowest BCUT2D eigenvalue weighted by Gasteiger charge is -2.12. The van der Waals surface area contributed by atoms with Crippen molar-refractivity contribution in [1.29, 1.82) is 0 Å². The van der Waals surface area contributed by atoms with E-state index >= 15 is 0 Å². The van der Waals surface area contributed by atoms with Gasteiger partial charge in [-0.1, -0.05) is 44.7 Å². The molecule has 0 aliphatic rings. The number of aromatic amines is 1. The standard InChI is InChI=1S/C18H25N5O3S/c1-4-9-23-17(26)21-22-18(23)27-11-15(24)20-14-8-6-5-7-13(14)16(25)19-10-12(2)3/h5-8,12H,4,9-11H2,1-3H3,(H,19,25)(H,20,24)(H,21,26). The number of nitrogens with one attached hydrogen (secondary N) is 3. The summed E-state index contributed by atoms with van der Waals surface area (Å²) in [5.74, 6) is -0.0868. The maximum Gasteiger partial charge on any atom is 0.343 e. The van der Waals surface area contributed by atoms with Gasteiger partial charge in [0.1, 0.15) is 0 Å². The quantitative estimate of drug-likeness (QED) is 0.567. The van der Waals surface area contributed by atoms with Gasteiger partial charge in [0, 0.05) is 13.1 Å². The molecule has 0 aliphatic carbocycles. The van der Waals surface area contributed by atoms with Crippen molar-refractivity contribution >= 4 is 29.3 Å². The molecule has 0 bridgehead atoms. The summed E-state index contributed by atoms with van der Waals surface area (Å²) >= 11 is 1.17. The minimum absolute atomic E-state index is 0.0793. The molecule has 2 aromatic rings. The first-order valence-corrected chi connectivity index (χ1v) is 9.86. The second kappa shape index (κ2) is 9.96. The van der Waals surface area contributed by atoms with Gasteiger partial charge in [0.15, 0.2) is 5.16 Å². The van der Waals surface area contributed by atoms with Crippen LogP contribution in [0.5, 0.6) is 0 Å². The van der Waals surface area contributed by atoms with Crippen LogP contribution in [0.4, 0.5) is 5.69 Å². The Bertz CT molecular complexity index is 844. The van der Waals surface area contributed by atoms with Gasteiger partial charge in [0.05, 0.1) is 17.0 Å². The molecule has 1 heterocycles. The topological polar surface area (TPSA) is 109 Å². The van der Waals surface area contributed by atoms with Crippen molar-refractivity contribution in [2.45, 2.75) is 38.9 Å². The van der Waals surface area contributed by atoms with E-state index in [9.17, 15) is 14.4 Å². The highest BCUT2D eigenvalue weighted by Gasteiger charge is 2.15. The monoisotopic (exact) mass is 391 g/mol. The van der Waals surface area contributed by atoms with Crippen LogP contribution in [0.3, 0.4) is 0 Å². The van der Waals surface area contributed by atoms with Crippen LogP contribution >= 0.6 is 11.8 Å². The lowest BCUT2D eigenvalue weighted by atomic mass is 10.1. The van der Waals surface area contributed by atoms with E-state index in [0.717, 1.165) is 6.42 Å². The summed E-state index contributed by atoms with van der Waals surface area (Å²) in [6.07, 6.45) is 0.790. The first kappa shape index (κ1) is 20.8. The van der Waals surface area contributed by atoms with Gasteiger partial charge in [-0.05, 0) is 24.5 Å². The van der Waals surface area contributed by atoms with Crippen LogP contribution < -0.4 is 16.3 Å². The van der Waals surface area contributed by atoms with E-state index in [1.54, 1.807) is 24.3 Å². The molecule has 0 saturated carbocycles. The van der Waals surface area contributed by atoms with Crippen molar-refractivity contribution in [2.24, 2.45) is 5.92 Å². The Morgan fingerprint density at radius 1 is 1.30 bits per heavy atom. The maximum atomic E-state index is 12.3. The third-order valence-electron chi connectivity index (χ3n) is 3.62. The summed E-state index contributed by atoms with van der Waals surface area (Å²) in [5.41, 5.74) is 0.587. The molecule has 2 rings (SSSR count). The normalized spacial score (nSPS) is 10.8. The van der Waals surface area contributed by atoms with Gasteiger partial charge < -0.3 is 10.6 Å². The van der Waals surface area contributed by atoms with Crippen LogP contribution in [0.1, 0.15) is 37.6 Å². The molecule has 9 heteroatoms. The van der Waals surface area contributed by atoms with E-state index in [0.29, 0.717) is 35.4 Å². The highest BCUT2D eigenvalue weighted by molar-refractivity contribution is 7.99. The summed E-state index contributed by atoms with van der Waals surface area (Å²) in [6, 6.07) is 6.87. The van der Waals surface area contributed by atoms with Crippen molar-refractivity contribution in [3.63, 3.8) is 0 Å². The van der Waals surface area contributed by atoms with E-state index in [2.05, 4.69) is 20.8 Å². The smallest absolute Gasteiger partial charge is 0.343 e. The van der Waals surface area contributed by atoms with Crippen LogP contribution in [0, 0.1) is 5.92 Å². The molecule has 0 radical (unpaired) electrons. The first-order valence-electron chi connectivity index (χ1n) is 8.87. The van der Waals surface area contributed by atoms with Gasteiger partial charge in [-0.25, -0.2) is 9.89 Å². The molecule has 146 valence electrons. The van der Waals surface area contributed by atoms with Crippen LogP contribution in [0.2, 0.25) is 0 Å². The summed E-state index contributed by atoms with van der Waals surface area (Å²) in [5, 5.41) is 12.4. The SMILES string of the molecule is CCCn1c(SCC(=O)Nc2ccccc2C(=O)NCC(C)C)n[nH]c1=O. The summed E-state index contributed by atoms with van der Waals surface area (Å²) in [7, 11) is 0. The highest BCUT2D eigenvalue weighted by atomic mass is 32.2. The highest BCUT2D eigenvalue weighted by Crippen LogP contribution is 2.18. The fourth-order valence-corrected chi connectivity index (χ4v) is 3.11. The predicted molar refractivity (Wildman–Crippen MR) is 106 cm³/mol. The number of hydrogen-bond donors (Lipinski definition) is 3. The number of para-hydroxylation sites is 1. The van der Waals surface area contributed by atoms with Crippen molar-refractivity contribution in [3.8, 4) is 0 Å². The first-order chi connectivity index (χ1) is 12.9. The molecule has 0 fully saturated rings. The number of thioether (sulfide) groups is 1. The van der Waals surface area contributed by atoms with Gasteiger partial charge in [-0.3, -0.25) is 14.2 Å². The second-order valence-electron chi connectivity index (χ2n) is 6.45. The van der Waals surface area contributed by atoms with Crippen molar-refractivity contribution in [3.05, 3.63) is 40.3 Å². The Kier molecular flexibility index (Phi) is 7.66. The van der Waals surface area contributed by atoms with E-state index < -0.39 is 0 Å². The maximum absolute atomic E-state index is 12.3. The zero-order chi connectivity index (χ0) is 19.8. The van der Waals surface area contributed by atoms with Crippen molar-refractivity contribution in [2.75, 3.05) is 17.6 Å². The Morgan fingerprint density at radius 3 is 2.74 bits per heavy atom. The number of nitrogens with zero attached hydrogens (tertiary/aromatic N) is 2. The van der Waals surface area contributed by atoms with Crippen LogP contribution in [-0.4, -0.2) is 38.9 Å². The number of carbonyl (C=O) groups excluding carboxylic acids is 2. The molecule has 2 amide bonds. The fourth-order valence-electron chi connectivity index (χ4n) is 2.33. The van der Waals surface area contributed by atoms with Gasteiger partial charge in [-0.15, -0.1) is 5.10 Å². The predicted octanol–water partition coefficient (Wildman–Crippen LogP) is 2.10. The van der Waals surface area contributed by atoms with Crippen molar-refractivity contribution < 1.29 is 9.59 Å². The number of hydrogen-bond acceptors (Lipinski definition) is 5. The van der Waals surface area contributed by atoms with Gasteiger partial charge in [0.2, 0.25) is 5.91 Å². The lowest BCUT2D eigenvalue weighted by molar-refractivity contribution is -0.113. The minimum Gasteiger partial charge on any atom is -0.352 e. The number of H-pyrrole nitrogens is 1. The number of anilines is 1. The average molecular weight is 391 g/mol. The van der Waals surface area contributed by atoms with Gasteiger partial charge in [-0.2, -0.15) is 0 Å². The Hall–Kier alpha value is -2.55. The largest absolute Gasteiger partial charge is 0.352 e. The Balaban J connectivity index is 2.00. The number of amides is 2. The third kappa shape index (κ3) is 5.99. The Labute approximate surface area is 162 Å². The number of aromatic nitrogens is 3. The van der Waals surface area contributed by atoms with Crippen LogP contribution in [-0.2, 0) is 11.3 Å². The third-order valence-corrected chi connectivity index (χ3v) is 4.60. The number of rotatable bonds is 9. The average Bonchev–Trinajstić information content (AvgIpc) is 2.99. The molecule has 0 atom stereocenters. The van der Waals surface area contributed by atoms with E-state index in [4.69, 9.17) is 0 Å². The van der Waals surface area contributed by atoms with E-state index in [-0.39, 0.29) is 23.3 Å². The molecular formula is C18H25N5O3S. The zero-order valence-electron chi connectivity index (χ0n) is 15.7. The molecule has 0 saturated heterocycles. The summed E-state index contributed by atoms with van der Waals surface area (Å²) in [4.78, 5) is 36.3. The van der Waals surface area contributed by atoms with Crippen LogP contribution in [0.15, 0.2) is 34.2 Å². The molecule has 0 unspecified atom stereocenters. The fraction of sp³-hybridized carbons (Fsp3) is 0.444. The summed E-state index contributed by atoms with van der Waals surface area (Å²) < 4.78 is 1.51. The Morgan fingerprint density at radius 2 is 2.04 bits per heavy atom. The van der Waals surface area contributed by atoms with Gasteiger partial charge >= 0.3 is 5.69 Å². The number of carbonyl (C=O) groups is 2. The molecule has 1 aromatic carbocycles. The second-order valence-corrected chi connectivity index (χ2v) is 7.39. The molecule has 0 aliphatic heterocycles.